The van der Waals surface area contributed by atoms with Crippen LogP contribution in [0.25, 0.3) is 11.0 Å². The first-order valence-corrected chi connectivity index (χ1v) is 12.4. The van der Waals surface area contributed by atoms with Gasteiger partial charge in [0, 0.05) is 9.75 Å². The van der Waals surface area contributed by atoms with Gasteiger partial charge in [0.2, 0.25) is 11.8 Å². The second-order valence-electron chi connectivity index (χ2n) is 7.55. The fraction of sp³-hybridized carbons (Fsp3) is 0.167. The van der Waals surface area contributed by atoms with E-state index >= 15 is 0 Å². The lowest BCUT2D eigenvalue weighted by Crippen LogP contribution is -2.44. The number of amides is 2. The molecule has 0 spiro atoms. The minimum Gasteiger partial charge on any atom is -0.467 e. The minimum atomic E-state index is -0.792. The fourth-order valence-electron chi connectivity index (χ4n) is 3.70. The molecule has 0 saturated heterocycles. The van der Waals surface area contributed by atoms with Crippen molar-refractivity contribution in [1.29, 1.82) is 0 Å². The van der Waals surface area contributed by atoms with Gasteiger partial charge in [0.1, 0.15) is 23.9 Å². The van der Waals surface area contributed by atoms with Crippen LogP contribution < -0.4 is 5.32 Å². The number of nitrogens with zero attached hydrogens (tertiary/aromatic N) is 4. The van der Waals surface area contributed by atoms with Gasteiger partial charge in [0.15, 0.2) is 0 Å². The summed E-state index contributed by atoms with van der Waals surface area (Å²) in [6.45, 7) is 0.515. The summed E-state index contributed by atoms with van der Waals surface area (Å²) in [6.07, 6.45) is 1.56. The summed E-state index contributed by atoms with van der Waals surface area (Å²) < 4.78 is 6.92. The molecule has 34 heavy (non-hydrogen) atoms. The number of hydrogen-bond acceptors (Lipinski definition) is 7. The van der Waals surface area contributed by atoms with E-state index in [1.54, 1.807) is 39.3 Å². The number of aromatic nitrogens is 3. The topological polar surface area (TPSA) is 93.3 Å². The Kier molecular flexibility index (Phi) is 6.50. The highest BCUT2D eigenvalue weighted by atomic mass is 32.1. The van der Waals surface area contributed by atoms with Gasteiger partial charge in [0.25, 0.3) is 0 Å². The zero-order valence-corrected chi connectivity index (χ0v) is 19.7. The van der Waals surface area contributed by atoms with Crippen molar-refractivity contribution in [2.75, 3.05) is 0 Å². The largest absolute Gasteiger partial charge is 0.467 e. The van der Waals surface area contributed by atoms with Crippen LogP contribution in [0.5, 0.6) is 0 Å². The van der Waals surface area contributed by atoms with Gasteiger partial charge in [-0.15, -0.1) is 27.8 Å². The SMILES string of the molecule is O=C(NCc1ccco1)[C@H](c1cccs1)N(Cc1cccs1)C(=O)Cn1nnc2ccccc21. The van der Waals surface area contributed by atoms with Crippen molar-refractivity contribution in [3.8, 4) is 0 Å². The summed E-state index contributed by atoms with van der Waals surface area (Å²) in [5.74, 6) is 0.145. The maximum absolute atomic E-state index is 13.7. The highest BCUT2D eigenvalue weighted by molar-refractivity contribution is 7.10. The van der Waals surface area contributed by atoms with Crippen molar-refractivity contribution in [3.63, 3.8) is 0 Å². The van der Waals surface area contributed by atoms with Gasteiger partial charge in [-0.2, -0.15) is 0 Å². The Labute approximate surface area is 203 Å². The third kappa shape index (κ3) is 4.78. The number of carbonyl (C=O) groups excluding carboxylic acids is 2. The van der Waals surface area contributed by atoms with Gasteiger partial charge in [-0.05, 0) is 47.2 Å². The standard InChI is InChI=1S/C24H21N5O3S2/c30-22(16-29-20-9-2-1-8-19(20)26-27-29)28(15-18-7-4-12-33-18)23(21-10-5-13-34-21)24(31)25-14-17-6-3-11-32-17/h1-13,23H,14-16H2,(H,25,31)/t23-/m0/s1. The fourth-order valence-corrected chi connectivity index (χ4v) is 5.24. The number of carbonyl (C=O) groups is 2. The van der Waals surface area contributed by atoms with Gasteiger partial charge in [0.05, 0.1) is 24.9 Å². The summed E-state index contributed by atoms with van der Waals surface area (Å²) in [4.78, 5) is 30.5. The van der Waals surface area contributed by atoms with E-state index in [1.165, 1.54) is 11.3 Å². The maximum atomic E-state index is 13.7. The van der Waals surface area contributed by atoms with Crippen molar-refractivity contribution in [2.45, 2.75) is 25.7 Å². The smallest absolute Gasteiger partial charge is 0.248 e. The molecule has 0 radical (unpaired) electrons. The molecule has 4 aromatic heterocycles. The molecule has 8 nitrogen and oxygen atoms in total. The van der Waals surface area contributed by atoms with E-state index in [9.17, 15) is 9.59 Å². The Morgan fingerprint density at radius 3 is 2.65 bits per heavy atom. The predicted octanol–water partition coefficient (Wildman–Crippen LogP) is 4.23. The molecular formula is C24H21N5O3S2. The molecular weight excluding hydrogens is 470 g/mol. The molecule has 0 aliphatic rings. The average molecular weight is 492 g/mol. The van der Waals surface area contributed by atoms with Crippen LogP contribution in [0.2, 0.25) is 0 Å². The number of nitrogens with one attached hydrogen (secondary N) is 1. The van der Waals surface area contributed by atoms with E-state index in [0.29, 0.717) is 17.8 Å². The molecule has 1 aromatic carbocycles. The number of fused-ring (bicyclic) bond motifs is 1. The monoisotopic (exact) mass is 491 g/mol. The third-order valence-corrected chi connectivity index (χ3v) is 7.11. The molecule has 0 unspecified atom stereocenters. The van der Waals surface area contributed by atoms with Crippen LogP contribution >= 0.6 is 22.7 Å². The molecule has 4 heterocycles. The van der Waals surface area contributed by atoms with E-state index in [0.717, 1.165) is 15.3 Å². The van der Waals surface area contributed by atoms with Gasteiger partial charge in [-0.3, -0.25) is 9.59 Å². The molecule has 5 aromatic rings. The van der Waals surface area contributed by atoms with E-state index in [2.05, 4.69) is 15.6 Å². The maximum Gasteiger partial charge on any atom is 0.248 e. The molecule has 0 bridgehead atoms. The highest BCUT2D eigenvalue weighted by Gasteiger charge is 2.33. The molecule has 10 heteroatoms. The average Bonchev–Trinajstić information content (AvgIpc) is 3.66. The molecule has 1 N–H and O–H groups in total. The van der Waals surface area contributed by atoms with Crippen LogP contribution in [0.4, 0.5) is 0 Å². The van der Waals surface area contributed by atoms with E-state index < -0.39 is 6.04 Å². The number of furan rings is 1. The number of rotatable bonds is 9. The minimum absolute atomic E-state index is 0.0285. The van der Waals surface area contributed by atoms with E-state index in [1.807, 2.05) is 59.3 Å². The highest BCUT2D eigenvalue weighted by Crippen LogP contribution is 2.29. The Bertz CT molecular complexity index is 1360. The van der Waals surface area contributed by atoms with Gasteiger partial charge >= 0.3 is 0 Å². The summed E-state index contributed by atoms with van der Waals surface area (Å²) >= 11 is 2.99. The lowest BCUT2D eigenvalue weighted by molar-refractivity contribution is -0.142. The first-order chi connectivity index (χ1) is 16.7. The number of para-hydroxylation sites is 1. The van der Waals surface area contributed by atoms with Crippen LogP contribution in [0.15, 0.2) is 82.1 Å². The lowest BCUT2D eigenvalue weighted by Gasteiger charge is -2.30. The Morgan fingerprint density at radius 1 is 1.03 bits per heavy atom. The zero-order valence-electron chi connectivity index (χ0n) is 18.0. The lowest BCUT2D eigenvalue weighted by atomic mass is 10.1. The molecule has 0 aliphatic carbocycles. The summed E-state index contributed by atoms with van der Waals surface area (Å²) in [5.41, 5.74) is 1.48. The molecule has 5 rings (SSSR count). The van der Waals surface area contributed by atoms with E-state index in [4.69, 9.17) is 4.42 Å². The molecule has 172 valence electrons. The molecule has 1 atom stereocenters. The van der Waals surface area contributed by atoms with Crippen molar-refractivity contribution in [3.05, 3.63) is 93.2 Å². The predicted molar refractivity (Wildman–Crippen MR) is 130 cm³/mol. The summed E-state index contributed by atoms with van der Waals surface area (Å²) in [5, 5.41) is 15.1. The normalized spacial score (nSPS) is 12.0. The molecule has 2 amide bonds. The third-order valence-electron chi connectivity index (χ3n) is 5.32. The van der Waals surface area contributed by atoms with Crippen LogP contribution in [-0.2, 0) is 29.2 Å². The Morgan fingerprint density at radius 2 is 1.88 bits per heavy atom. The van der Waals surface area contributed by atoms with Crippen molar-refractivity contribution >= 4 is 45.5 Å². The summed E-state index contributed by atoms with van der Waals surface area (Å²) in [7, 11) is 0. The quantitative estimate of drug-likeness (QED) is 0.333. The molecule has 0 fully saturated rings. The van der Waals surface area contributed by atoms with Crippen molar-refractivity contribution in [2.24, 2.45) is 0 Å². The Hall–Kier alpha value is -3.76. The number of hydrogen-bond donors (Lipinski definition) is 1. The Balaban J connectivity index is 1.45. The first-order valence-electron chi connectivity index (χ1n) is 10.6. The van der Waals surface area contributed by atoms with Crippen LogP contribution in [-0.4, -0.2) is 31.7 Å². The molecule has 0 saturated carbocycles. The van der Waals surface area contributed by atoms with Crippen LogP contribution in [0, 0.1) is 0 Å². The van der Waals surface area contributed by atoms with Crippen LogP contribution in [0.1, 0.15) is 21.6 Å². The second-order valence-corrected chi connectivity index (χ2v) is 9.56. The first kappa shape index (κ1) is 22.1. The van der Waals surface area contributed by atoms with E-state index in [-0.39, 0.29) is 24.9 Å². The van der Waals surface area contributed by atoms with Crippen molar-refractivity contribution in [1.82, 2.24) is 25.2 Å². The van der Waals surface area contributed by atoms with Crippen molar-refractivity contribution < 1.29 is 14.0 Å². The zero-order chi connectivity index (χ0) is 23.3. The summed E-state index contributed by atoms with van der Waals surface area (Å²) in [6, 6.07) is 17.9. The number of thiophene rings is 2. The number of benzene rings is 1. The van der Waals surface area contributed by atoms with Crippen LogP contribution in [0.3, 0.4) is 0 Å². The second kappa shape index (κ2) is 10.0. The van der Waals surface area contributed by atoms with Gasteiger partial charge in [-0.25, -0.2) is 4.68 Å². The van der Waals surface area contributed by atoms with Gasteiger partial charge < -0.3 is 14.6 Å². The van der Waals surface area contributed by atoms with Gasteiger partial charge in [-0.1, -0.05) is 29.5 Å². The molecule has 0 aliphatic heterocycles.